The molecule has 0 spiro atoms. The van der Waals surface area contributed by atoms with Crippen LogP contribution in [0.2, 0.25) is 0 Å². The summed E-state index contributed by atoms with van der Waals surface area (Å²) in [4.78, 5) is 4.18. The summed E-state index contributed by atoms with van der Waals surface area (Å²) in [5.41, 5.74) is 0. The summed E-state index contributed by atoms with van der Waals surface area (Å²) < 4.78 is 9.53. The molecule has 0 N–H and O–H groups in total. The van der Waals surface area contributed by atoms with Crippen LogP contribution in [0.3, 0.4) is 0 Å². The third-order valence-corrected chi connectivity index (χ3v) is 4.49. The fourth-order valence-electron chi connectivity index (χ4n) is 0.863. The number of hydrogen-bond donors (Lipinski definition) is 0. The minimum absolute atomic E-state index is 0.438. The molecule has 0 bridgehead atoms. The summed E-state index contributed by atoms with van der Waals surface area (Å²) >= 11 is 4.53. The summed E-state index contributed by atoms with van der Waals surface area (Å²) in [5.74, 6) is 0. The highest BCUT2D eigenvalue weighted by Gasteiger charge is 2.23. The molecule has 1 aromatic rings. The van der Waals surface area contributed by atoms with Gasteiger partial charge in [-0.15, -0.1) is 0 Å². The molecule has 1 aliphatic rings. The number of rotatable bonds is 2. The number of ether oxygens (including phenoxy) is 1. The second kappa shape index (κ2) is 3.17. The Morgan fingerprint density at radius 3 is 2.91 bits per heavy atom. The molecular formula is C6H6I2N2O. The Morgan fingerprint density at radius 1 is 1.73 bits per heavy atom. The number of hydrogen-bond acceptors (Lipinski definition) is 2. The Kier molecular flexibility index (Phi) is 2.38. The Balaban J connectivity index is 2.15. The van der Waals surface area contributed by atoms with E-state index in [9.17, 15) is 0 Å². The van der Waals surface area contributed by atoms with Crippen LogP contribution in [0.15, 0.2) is 6.33 Å². The maximum absolute atomic E-state index is 5.12. The van der Waals surface area contributed by atoms with Crippen LogP contribution in [0.5, 0.6) is 0 Å². The molecule has 0 amide bonds. The van der Waals surface area contributed by atoms with Crippen LogP contribution in [-0.4, -0.2) is 22.3 Å². The first-order chi connectivity index (χ1) is 5.27. The van der Waals surface area contributed by atoms with Gasteiger partial charge in [-0.3, -0.25) is 0 Å². The first-order valence-corrected chi connectivity index (χ1v) is 5.41. The van der Waals surface area contributed by atoms with Crippen molar-refractivity contribution in [1.29, 1.82) is 0 Å². The molecule has 1 aliphatic heterocycles. The summed E-state index contributed by atoms with van der Waals surface area (Å²) in [6, 6.07) is 0. The van der Waals surface area contributed by atoms with E-state index in [1.807, 2.05) is 6.33 Å². The van der Waals surface area contributed by atoms with E-state index in [1.165, 1.54) is 3.70 Å². The van der Waals surface area contributed by atoms with E-state index < -0.39 is 0 Å². The van der Waals surface area contributed by atoms with Crippen molar-refractivity contribution in [3.8, 4) is 0 Å². The van der Waals surface area contributed by atoms with Crippen molar-refractivity contribution in [3.63, 3.8) is 0 Å². The van der Waals surface area contributed by atoms with Gasteiger partial charge in [-0.2, -0.15) is 0 Å². The number of epoxide rings is 1. The topological polar surface area (TPSA) is 30.4 Å². The zero-order chi connectivity index (χ0) is 7.84. The maximum atomic E-state index is 5.12. The average molecular weight is 376 g/mol. The molecule has 1 atom stereocenters. The standard InChI is InChI=1S/C6H6I2N2O/c7-5-6(8)10(3-9-5)1-4-2-11-4/h3-4H,1-2H2/t4-/m1/s1. The van der Waals surface area contributed by atoms with Crippen LogP contribution in [-0.2, 0) is 11.3 Å². The smallest absolute Gasteiger partial charge is 0.132 e. The van der Waals surface area contributed by atoms with Gasteiger partial charge in [0.05, 0.1) is 25.6 Å². The van der Waals surface area contributed by atoms with Crippen LogP contribution in [0.25, 0.3) is 0 Å². The quantitative estimate of drug-likeness (QED) is 0.579. The first-order valence-electron chi connectivity index (χ1n) is 3.25. The predicted molar refractivity (Wildman–Crippen MR) is 57.4 cm³/mol. The van der Waals surface area contributed by atoms with Gasteiger partial charge in [0.2, 0.25) is 0 Å². The average Bonchev–Trinajstić information content (AvgIpc) is 2.74. The van der Waals surface area contributed by atoms with E-state index in [-0.39, 0.29) is 0 Å². The lowest BCUT2D eigenvalue weighted by Crippen LogP contribution is -2.04. The summed E-state index contributed by atoms with van der Waals surface area (Å²) in [5, 5.41) is 0. The van der Waals surface area contributed by atoms with Gasteiger partial charge in [0.15, 0.2) is 0 Å². The zero-order valence-corrected chi connectivity index (χ0v) is 9.94. The summed E-state index contributed by atoms with van der Waals surface area (Å²) in [6.45, 7) is 1.86. The second-order valence-electron chi connectivity index (χ2n) is 2.43. The second-order valence-corrected chi connectivity index (χ2v) is 4.48. The molecule has 60 valence electrons. The fraction of sp³-hybridized carbons (Fsp3) is 0.500. The maximum Gasteiger partial charge on any atom is 0.132 e. The molecule has 0 aliphatic carbocycles. The van der Waals surface area contributed by atoms with E-state index in [1.54, 1.807) is 0 Å². The van der Waals surface area contributed by atoms with Crippen molar-refractivity contribution in [1.82, 2.24) is 9.55 Å². The van der Waals surface area contributed by atoms with E-state index >= 15 is 0 Å². The number of halogens is 2. The van der Waals surface area contributed by atoms with Crippen molar-refractivity contribution < 1.29 is 4.74 Å². The highest BCUT2D eigenvalue weighted by Crippen LogP contribution is 2.17. The van der Waals surface area contributed by atoms with E-state index in [0.29, 0.717) is 6.10 Å². The number of aromatic nitrogens is 2. The van der Waals surface area contributed by atoms with Gasteiger partial charge in [-0.1, -0.05) is 0 Å². The largest absolute Gasteiger partial charge is 0.371 e. The van der Waals surface area contributed by atoms with Crippen LogP contribution in [0.4, 0.5) is 0 Å². The molecule has 3 nitrogen and oxygen atoms in total. The van der Waals surface area contributed by atoms with E-state index in [2.05, 4.69) is 54.7 Å². The van der Waals surface area contributed by atoms with Gasteiger partial charge in [0.25, 0.3) is 0 Å². The van der Waals surface area contributed by atoms with E-state index in [4.69, 9.17) is 4.74 Å². The molecule has 1 aromatic heterocycles. The van der Waals surface area contributed by atoms with E-state index in [0.717, 1.165) is 16.9 Å². The highest BCUT2D eigenvalue weighted by atomic mass is 127. The zero-order valence-electron chi connectivity index (χ0n) is 5.63. The SMILES string of the molecule is Ic1ncn(C[C@@H]2CO2)c1I. The third-order valence-electron chi connectivity index (χ3n) is 1.54. The molecule has 0 unspecified atom stereocenters. The molecule has 5 heteroatoms. The van der Waals surface area contributed by atoms with Crippen molar-refractivity contribution in [2.45, 2.75) is 12.6 Å². The third kappa shape index (κ3) is 1.86. The summed E-state index contributed by atoms with van der Waals surface area (Å²) in [6.07, 6.45) is 2.30. The van der Waals surface area contributed by atoms with Gasteiger partial charge >= 0.3 is 0 Å². The van der Waals surface area contributed by atoms with Crippen LogP contribution >= 0.6 is 45.2 Å². The highest BCUT2D eigenvalue weighted by molar-refractivity contribution is 14.1. The Morgan fingerprint density at radius 2 is 2.45 bits per heavy atom. The fourth-order valence-corrected chi connectivity index (χ4v) is 1.76. The van der Waals surface area contributed by atoms with Crippen molar-refractivity contribution in [3.05, 3.63) is 13.7 Å². The minimum Gasteiger partial charge on any atom is -0.371 e. The van der Waals surface area contributed by atoms with Crippen molar-refractivity contribution in [2.75, 3.05) is 6.61 Å². The number of imidazole rings is 1. The molecule has 0 saturated carbocycles. The molecule has 2 heterocycles. The molecule has 1 saturated heterocycles. The number of nitrogens with zero attached hydrogens (tertiary/aromatic N) is 2. The Hall–Kier alpha value is 0.630. The first kappa shape index (κ1) is 8.24. The molecule has 2 rings (SSSR count). The molecule has 11 heavy (non-hydrogen) atoms. The Labute approximate surface area is 91.8 Å². The lowest BCUT2D eigenvalue weighted by atomic mass is 10.5. The molecular weight excluding hydrogens is 370 g/mol. The monoisotopic (exact) mass is 376 g/mol. The van der Waals surface area contributed by atoms with Crippen molar-refractivity contribution in [2.24, 2.45) is 0 Å². The minimum atomic E-state index is 0.438. The molecule has 1 fully saturated rings. The van der Waals surface area contributed by atoms with Gasteiger partial charge < -0.3 is 9.30 Å². The lowest BCUT2D eigenvalue weighted by Gasteiger charge is -1.98. The van der Waals surface area contributed by atoms with Crippen LogP contribution in [0, 0.1) is 7.40 Å². The predicted octanol–water partition coefficient (Wildman–Crippen LogP) is 1.49. The molecule has 0 radical (unpaired) electrons. The van der Waals surface area contributed by atoms with Crippen LogP contribution in [0.1, 0.15) is 0 Å². The normalized spacial score (nSPS) is 22.2. The molecule has 0 aromatic carbocycles. The Bertz CT molecular complexity index is 270. The van der Waals surface area contributed by atoms with Crippen molar-refractivity contribution >= 4 is 45.2 Å². The van der Waals surface area contributed by atoms with Gasteiger partial charge in [0.1, 0.15) is 7.40 Å². The summed E-state index contributed by atoms with van der Waals surface area (Å²) in [7, 11) is 0. The van der Waals surface area contributed by atoms with Gasteiger partial charge in [-0.05, 0) is 45.2 Å². The lowest BCUT2D eigenvalue weighted by molar-refractivity contribution is 0.381. The van der Waals surface area contributed by atoms with Gasteiger partial charge in [-0.25, -0.2) is 4.98 Å². The van der Waals surface area contributed by atoms with Gasteiger partial charge in [0, 0.05) is 0 Å². The van der Waals surface area contributed by atoms with Crippen LogP contribution < -0.4 is 0 Å².